The molecule has 1 saturated heterocycles. The normalized spacial score (nSPS) is 20.4. The van der Waals surface area contributed by atoms with E-state index in [0.717, 1.165) is 11.3 Å². The number of aromatic nitrogens is 1. The van der Waals surface area contributed by atoms with Crippen molar-refractivity contribution in [3.63, 3.8) is 0 Å². The van der Waals surface area contributed by atoms with Crippen molar-refractivity contribution in [1.29, 1.82) is 0 Å². The van der Waals surface area contributed by atoms with Crippen molar-refractivity contribution in [1.82, 2.24) is 15.6 Å². The highest BCUT2D eigenvalue weighted by Gasteiger charge is 2.33. The number of hydrogen-bond donors (Lipinski definition) is 2. The van der Waals surface area contributed by atoms with Crippen LogP contribution in [0.1, 0.15) is 16.6 Å². The minimum Gasteiger partial charge on any atom is -0.354 e. The fourth-order valence-electron chi connectivity index (χ4n) is 2.36. The topological polar surface area (TPSA) is 71.1 Å². The number of amides is 2. The van der Waals surface area contributed by atoms with Crippen LogP contribution in [0.3, 0.4) is 0 Å². The third kappa shape index (κ3) is 3.35. The average molecular weight is 354 g/mol. The van der Waals surface area contributed by atoms with Crippen LogP contribution in [0.15, 0.2) is 24.4 Å². The molecule has 3 rings (SSSR count). The van der Waals surface area contributed by atoms with Gasteiger partial charge in [0.2, 0.25) is 5.91 Å². The summed E-state index contributed by atoms with van der Waals surface area (Å²) in [4.78, 5) is 28.4. The van der Waals surface area contributed by atoms with Crippen molar-refractivity contribution in [2.75, 3.05) is 6.54 Å². The van der Waals surface area contributed by atoms with Crippen molar-refractivity contribution < 1.29 is 14.0 Å². The fourth-order valence-corrected chi connectivity index (χ4v) is 3.39. The van der Waals surface area contributed by atoms with E-state index in [0.29, 0.717) is 22.0 Å². The summed E-state index contributed by atoms with van der Waals surface area (Å²) >= 11 is 6.95. The van der Waals surface area contributed by atoms with Crippen molar-refractivity contribution in [2.45, 2.75) is 13.0 Å². The highest BCUT2D eigenvalue weighted by Crippen LogP contribution is 2.28. The molecule has 0 unspecified atom stereocenters. The Morgan fingerprint density at radius 3 is 2.91 bits per heavy atom. The van der Waals surface area contributed by atoms with Crippen LogP contribution < -0.4 is 10.6 Å². The molecule has 2 atom stereocenters. The van der Waals surface area contributed by atoms with Crippen LogP contribution in [-0.2, 0) is 4.79 Å². The molecule has 2 amide bonds. The molecule has 2 aromatic rings. The van der Waals surface area contributed by atoms with E-state index >= 15 is 0 Å². The first-order chi connectivity index (χ1) is 10.9. The molecule has 1 aliphatic rings. The third-order valence-corrected chi connectivity index (χ3v) is 4.84. The van der Waals surface area contributed by atoms with E-state index in [9.17, 15) is 14.0 Å². The molecule has 0 radical (unpaired) electrons. The molecular formula is C15H13ClFN3O2S. The summed E-state index contributed by atoms with van der Waals surface area (Å²) in [5.41, 5.74) is 0.506. The smallest absolute Gasteiger partial charge is 0.263 e. The number of nitrogens with zero attached hydrogens (tertiary/aromatic N) is 1. The van der Waals surface area contributed by atoms with Gasteiger partial charge in [-0.25, -0.2) is 9.37 Å². The monoisotopic (exact) mass is 353 g/mol. The van der Waals surface area contributed by atoms with Gasteiger partial charge in [-0.3, -0.25) is 9.59 Å². The molecule has 120 valence electrons. The van der Waals surface area contributed by atoms with Gasteiger partial charge in [-0.2, -0.15) is 0 Å². The van der Waals surface area contributed by atoms with E-state index in [1.807, 2.05) is 6.92 Å². The van der Waals surface area contributed by atoms with Gasteiger partial charge in [-0.15, -0.1) is 11.3 Å². The number of halogens is 2. The maximum Gasteiger partial charge on any atom is 0.263 e. The largest absolute Gasteiger partial charge is 0.354 e. The number of carbonyl (C=O) groups excluding carboxylic acids is 2. The molecule has 0 saturated carbocycles. The Kier molecular flexibility index (Phi) is 4.32. The van der Waals surface area contributed by atoms with E-state index in [4.69, 9.17) is 11.6 Å². The molecule has 1 fully saturated rings. The third-order valence-electron chi connectivity index (χ3n) is 3.58. The molecule has 0 aliphatic carbocycles. The van der Waals surface area contributed by atoms with E-state index in [1.165, 1.54) is 18.3 Å². The van der Waals surface area contributed by atoms with Crippen molar-refractivity contribution in [3.8, 4) is 10.6 Å². The number of benzene rings is 1. The summed E-state index contributed by atoms with van der Waals surface area (Å²) < 4.78 is 13.4. The van der Waals surface area contributed by atoms with Gasteiger partial charge >= 0.3 is 0 Å². The van der Waals surface area contributed by atoms with Crippen LogP contribution in [0.25, 0.3) is 10.6 Å². The van der Waals surface area contributed by atoms with Crippen LogP contribution >= 0.6 is 22.9 Å². The lowest BCUT2D eigenvalue weighted by atomic mass is 10.1. The first-order valence-electron chi connectivity index (χ1n) is 6.95. The molecule has 2 N–H and O–H groups in total. The molecular weight excluding hydrogens is 341 g/mol. The van der Waals surface area contributed by atoms with Crippen LogP contribution in [-0.4, -0.2) is 29.4 Å². The van der Waals surface area contributed by atoms with Crippen molar-refractivity contribution >= 4 is 34.8 Å². The van der Waals surface area contributed by atoms with E-state index in [-0.39, 0.29) is 22.8 Å². The molecule has 8 heteroatoms. The van der Waals surface area contributed by atoms with E-state index < -0.39 is 11.9 Å². The molecule has 0 bridgehead atoms. The van der Waals surface area contributed by atoms with Gasteiger partial charge < -0.3 is 10.6 Å². The standard InChI is InChI=1S/C15H13ClFN3O2S/c1-7-5-18-14(22)12(7)20-13(21)11-6-19-15(23-11)8-2-9(16)4-10(17)3-8/h2-4,6-7,12H,5H2,1H3,(H,18,22)(H,20,21)/t7-,12-/m1/s1. The lowest BCUT2D eigenvalue weighted by Gasteiger charge is -2.13. The van der Waals surface area contributed by atoms with Crippen molar-refractivity contribution in [3.05, 3.63) is 40.1 Å². The molecule has 1 aliphatic heterocycles. The zero-order valence-electron chi connectivity index (χ0n) is 12.1. The number of nitrogens with one attached hydrogen (secondary N) is 2. The Morgan fingerprint density at radius 2 is 2.26 bits per heavy atom. The summed E-state index contributed by atoms with van der Waals surface area (Å²) in [5, 5.41) is 6.15. The Labute approximate surface area is 140 Å². The summed E-state index contributed by atoms with van der Waals surface area (Å²) in [6, 6.07) is 3.54. The summed E-state index contributed by atoms with van der Waals surface area (Å²) in [6.07, 6.45) is 1.41. The van der Waals surface area contributed by atoms with Crippen LogP contribution in [0.2, 0.25) is 5.02 Å². The Morgan fingerprint density at radius 1 is 1.48 bits per heavy atom. The average Bonchev–Trinajstić information content (AvgIpc) is 3.09. The zero-order valence-corrected chi connectivity index (χ0v) is 13.7. The highest BCUT2D eigenvalue weighted by molar-refractivity contribution is 7.16. The Hall–Kier alpha value is -1.99. The second-order valence-corrected chi connectivity index (χ2v) is 6.83. The summed E-state index contributed by atoms with van der Waals surface area (Å²) in [5.74, 6) is -0.997. The molecule has 5 nitrogen and oxygen atoms in total. The quantitative estimate of drug-likeness (QED) is 0.890. The second-order valence-electron chi connectivity index (χ2n) is 5.36. The van der Waals surface area contributed by atoms with Gasteiger partial charge in [0.1, 0.15) is 21.7 Å². The van der Waals surface area contributed by atoms with E-state index in [2.05, 4.69) is 15.6 Å². The molecule has 0 spiro atoms. The van der Waals surface area contributed by atoms with Gasteiger partial charge in [-0.1, -0.05) is 18.5 Å². The SMILES string of the molecule is C[C@@H]1CNC(=O)[C@@H]1NC(=O)c1cnc(-c2cc(F)cc(Cl)c2)s1. The predicted octanol–water partition coefficient (Wildman–Crippen LogP) is 2.47. The fraction of sp³-hybridized carbons (Fsp3) is 0.267. The number of thiazole rings is 1. The maximum absolute atomic E-state index is 13.4. The first kappa shape index (κ1) is 15.9. The molecule has 1 aromatic heterocycles. The molecule has 2 heterocycles. The predicted molar refractivity (Wildman–Crippen MR) is 85.9 cm³/mol. The molecule has 23 heavy (non-hydrogen) atoms. The highest BCUT2D eigenvalue weighted by atomic mass is 35.5. The lowest BCUT2D eigenvalue weighted by molar-refractivity contribution is -0.121. The van der Waals surface area contributed by atoms with Crippen LogP contribution in [0, 0.1) is 11.7 Å². The van der Waals surface area contributed by atoms with Gasteiger partial charge in [0.05, 0.1) is 6.20 Å². The zero-order chi connectivity index (χ0) is 16.6. The Bertz CT molecular complexity index is 760. The van der Waals surface area contributed by atoms with Crippen molar-refractivity contribution in [2.24, 2.45) is 5.92 Å². The number of hydrogen-bond acceptors (Lipinski definition) is 4. The number of carbonyl (C=O) groups is 2. The van der Waals surface area contributed by atoms with Gasteiger partial charge in [0.25, 0.3) is 5.91 Å². The van der Waals surface area contributed by atoms with Crippen LogP contribution in [0.4, 0.5) is 4.39 Å². The Balaban J connectivity index is 1.78. The summed E-state index contributed by atoms with van der Waals surface area (Å²) in [7, 11) is 0. The lowest BCUT2D eigenvalue weighted by Crippen LogP contribution is -2.42. The van der Waals surface area contributed by atoms with Gasteiger partial charge in [-0.05, 0) is 18.2 Å². The first-order valence-corrected chi connectivity index (χ1v) is 8.14. The van der Waals surface area contributed by atoms with Crippen LogP contribution in [0.5, 0.6) is 0 Å². The van der Waals surface area contributed by atoms with Gasteiger partial charge in [0.15, 0.2) is 0 Å². The van der Waals surface area contributed by atoms with Gasteiger partial charge in [0, 0.05) is 23.0 Å². The molecule has 1 aromatic carbocycles. The van der Waals surface area contributed by atoms with E-state index in [1.54, 1.807) is 6.07 Å². The summed E-state index contributed by atoms with van der Waals surface area (Å²) in [6.45, 7) is 2.43. The second kappa shape index (κ2) is 6.25. The minimum absolute atomic E-state index is 0.0286. The minimum atomic E-state index is -0.545. The number of rotatable bonds is 3. The maximum atomic E-state index is 13.4.